The molecule has 4 rings (SSSR count). The summed E-state index contributed by atoms with van der Waals surface area (Å²) in [5.74, 6) is 1.44. The molecule has 1 heterocycles. The number of carbonyl (C=O) groups is 1. The van der Waals surface area contributed by atoms with Gasteiger partial charge in [-0.05, 0) is 98.9 Å². The van der Waals surface area contributed by atoms with Crippen LogP contribution in [0.4, 0.5) is 11.6 Å². The number of imidazole rings is 1. The van der Waals surface area contributed by atoms with Crippen molar-refractivity contribution in [2.45, 2.75) is 79.4 Å². The Morgan fingerprint density at radius 2 is 1.94 bits per heavy atom. The normalized spacial score (nSPS) is 20.0. The lowest BCUT2D eigenvalue weighted by atomic mass is 9.70. The lowest BCUT2D eigenvalue weighted by molar-refractivity contribution is -0.136. The van der Waals surface area contributed by atoms with Gasteiger partial charge in [-0.1, -0.05) is 20.8 Å². The quantitative estimate of drug-likeness (QED) is 0.399. The van der Waals surface area contributed by atoms with Crippen LogP contribution in [0.3, 0.4) is 0 Å². The van der Waals surface area contributed by atoms with E-state index in [4.69, 9.17) is 9.72 Å². The van der Waals surface area contributed by atoms with Crippen molar-refractivity contribution >= 4 is 28.6 Å². The molecule has 0 spiro atoms. The highest BCUT2D eigenvalue weighted by atomic mass is 16.5. The van der Waals surface area contributed by atoms with Crippen molar-refractivity contribution in [3.63, 3.8) is 0 Å². The van der Waals surface area contributed by atoms with E-state index in [1.807, 2.05) is 51.1 Å². The molecule has 1 aromatic heterocycles. The molecule has 182 valence electrons. The van der Waals surface area contributed by atoms with E-state index in [1.165, 1.54) is 6.42 Å². The third kappa shape index (κ3) is 5.37. The van der Waals surface area contributed by atoms with Crippen molar-refractivity contribution in [1.82, 2.24) is 9.55 Å². The first-order chi connectivity index (χ1) is 16.0. The van der Waals surface area contributed by atoms with E-state index in [1.54, 1.807) is 0 Å². The second-order valence-corrected chi connectivity index (χ2v) is 11.0. The molecule has 1 aliphatic rings. The number of hydrogen-bond acceptors (Lipinski definition) is 4. The van der Waals surface area contributed by atoms with Crippen molar-refractivity contribution in [2.75, 3.05) is 5.32 Å². The van der Waals surface area contributed by atoms with Crippen LogP contribution in [0, 0.1) is 18.3 Å². The van der Waals surface area contributed by atoms with Crippen LogP contribution < -0.4 is 10.1 Å². The summed E-state index contributed by atoms with van der Waals surface area (Å²) in [7, 11) is 0. The molecule has 3 aromatic rings. The molecule has 2 N–H and O–H groups in total. The number of nitrogens with zero attached hydrogens (tertiary/aromatic N) is 2. The zero-order chi connectivity index (χ0) is 24.6. The summed E-state index contributed by atoms with van der Waals surface area (Å²) in [5, 5.41) is 12.9. The van der Waals surface area contributed by atoms with E-state index >= 15 is 0 Å². The average Bonchev–Trinajstić information content (AvgIpc) is 3.04. The zero-order valence-electron chi connectivity index (χ0n) is 21.2. The summed E-state index contributed by atoms with van der Waals surface area (Å²) < 4.78 is 8.13. The van der Waals surface area contributed by atoms with Crippen LogP contribution in [0.5, 0.6) is 5.75 Å². The van der Waals surface area contributed by atoms with Gasteiger partial charge in [-0.25, -0.2) is 4.98 Å². The number of aliphatic carboxylic acids is 1. The Morgan fingerprint density at radius 1 is 1.24 bits per heavy atom. The maximum absolute atomic E-state index is 11.4. The molecule has 34 heavy (non-hydrogen) atoms. The van der Waals surface area contributed by atoms with Gasteiger partial charge in [-0.3, -0.25) is 4.79 Å². The Morgan fingerprint density at radius 3 is 2.56 bits per heavy atom. The van der Waals surface area contributed by atoms with Crippen LogP contribution in [-0.4, -0.2) is 26.7 Å². The Hall–Kier alpha value is -3.02. The maximum Gasteiger partial charge on any atom is 0.307 e. The number of carboxylic acids is 1. The number of nitrogens with one attached hydrogen (secondary N) is 1. The predicted octanol–water partition coefficient (Wildman–Crippen LogP) is 6.89. The third-order valence-corrected chi connectivity index (χ3v) is 6.70. The molecule has 0 bridgehead atoms. The van der Waals surface area contributed by atoms with Crippen LogP contribution in [-0.2, 0) is 11.2 Å². The highest BCUT2D eigenvalue weighted by Gasteiger charge is 2.34. The third-order valence-electron chi connectivity index (χ3n) is 6.70. The van der Waals surface area contributed by atoms with Gasteiger partial charge in [0.25, 0.3) is 0 Å². The topological polar surface area (TPSA) is 76.4 Å². The fourth-order valence-electron chi connectivity index (χ4n) is 5.61. The first kappa shape index (κ1) is 24.1. The summed E-state index contributed by atoms with van der Waals surface area (Å²) >= 11 is 0. The Labute approximate surface area is 202 Å². The number of ether oxygens (including phenoxy) is 1. The van der Waals surface area contributed by atoms with Gasteiger partial charge in [0.15, 0.2) is 0 Å². The number of carboxylic acid groups (broad SMARTS) is 1. The standard InChI is InChI=1S/C28H37N3O3/c1-17(2)34-23-9-7-21(8-10-23)29-27-30-24-13-20(14-26(32)33)19(4)12-25(24)31(27)22-11-18(3)15-28(5,6)16-22/h7-10,12-13,17-18,22H,11,14-16H2,1-6H3,(H,29,30)(H,32,33)/t18-,22-/m0/s1. The van der Waals surface area contributed by atoms with E-state index < -0.39 is 5.97 Å². The minimum Gasteiger partial charge on any atom is -0.491 e. The van der Waals surface area contributed by atoms with E-state index in [0.29, 0.717) is 12.0 Å². The van der Waals surface area contributed by atoms with Crippen molar-refractivity contribution in [3.05, 3.63) is 47.5 Å². The van der Waals surface area contributed by atoms with Crippen LogP contribution in [0.25, 0.3) is 11.0 Å². The van der Waals surface area contributed by atoms with Crippen molar-refractivity contribution in [2.24, 2.45) is 11.3 Å². The van der Waals surface area contributed by atoms with Gasteiger partial charge in [0, 0.05) is 11.7 Å². The molecule has 1 aliphatic carbocycles. The molecule has 1 saturated carbocycles. The van der Waals surface area contributed by atoms with Gasteiger partial charge in [-0.15, -0.1) is 0 Å². The van der Waals surface area contributed by atoms with E-state index in [9.17, 15) is 9.90 Å². The van der Waals surface area contributed by atoms with Gasteiger partial charge in [0.1, 0.15) is 5.75 Å². The van der Waals surface area contributed by atoms with Crippen LogP contribution in [0.2, 0.25) is 0 Å². The second kappa shape index (κ2) is 9.32. The molecule has 6 heteroatoms. The molecule has 2 aromatic carbocycles. The highest BCUT2D eigenvalue weighted by Crippen LogP contribution is 2.46. The molecular formula is C28H37N3O3. The lowest BCUT2D eigenvalue weighted by Crippen LogP contribution is -2.29. The predicted molar refractivity (Wildman–Crippen MR) is 137 cm³/mol. The fraction of sp³-hybridized carbons (Fsp3) is 0.500. The molecule has 0 radical (unpaired) electrons. The van der Waals surface area contributed by atoms with E-state index in [-0.39, 0.29) is 17.9 Å². The molecule has 1 fully saturated rings. The minimum absolute atomic E-state index is 0.00218. The van der Waals surface area contributed by atoms with Crippen molar-refractivity contribution in [1.29, 1.82) is 0 Å². The smallest absolute Gasteiger partial charge is 0.307 e. The summed E-state index contributed by atoms with van der Waals surface area (Å²) in [6, 6.07) is 12.3. The van der Waals surface area contributed by atoms with E-state index in [0.717, 1.165) is 52.4 Å². The second-order valence-electron chi connectivity index (χ2n) is 11.0. The summed E-state index contributed by atoms with van der Waals surface area (Å²) in [6.07, 6.45) is 3.53. The Bertz CT molecular complexity index is 1180. The van der Waals surface area contributed by atoms with Gasteiger partial charge in [-0.2, -0.15) is 0 Å². The molecular weight excluding hydrogens is 426 g/mol. The number of rotatable bonds is 7. The molecule has 0 amide bonds. The van der Waals surface area contributed by atoms with Gasteiger partial charge in [0.05, 0.1) is 23.6 Å². The zero-order valence-corrected chi connectivity index (χ0v) is 21.2. The maximum atomic E-state index is 11.4. The molecule has 6 nitrogen and oxygen atoms in total. The van der Waals surface area contributed by atoms with Gasteiger partial charge >= 0.3 is 5.97 Å². The monoisotopic (exact) mass is 463 g/mol. The fourth-order valence-corrected chi connectivity index (χ4v) is 5.61. The molecule has 2 atom stereocenters. The summed E-state index contributed by atoms with van der Waals surface area (Å²) in [5.41, 5.74) is 4.89. The first-order valence-electron chi connectivity index (χ1n) is 12.3. The number of fused-ring (bicyclic) bond motifs is 1. The Balaban J connectivity index is 1.77. The van der Waals surface area contributed by atoms with Crippen LogP contribution >= 0.6 is 0 Å². The van der Waals surface area contributed by atoms with Crippen LogP contribution in [0.1, 0.15) is 71.0 Å². The van der Waals surface area contributed by atoms with Crippen molar-refractivity contribution in [3.8, 4) is 5.75 Å². The molecule has 0 saturated heterocycles. The van der Waals surface area contributed by atoms with Gasteiger partial charge < -0.3 is 19.7 Å². The van der Waals surface area contributed by atoms with E-state index in [2.05, 4.69) is 36.7 Å². The summed E-state index contributed by atoms with van der Waals surface area (Å²) in [6.45, 7) is 13.1. The molecule has 0 aliphatic heterocycles. The number of hydrogen-bond donors (Lipinski definition) is 2. The van der Waals surface area contributed by atoms with Crippen LogP contribution in [0.15, 0.2) is 36.4 Å². The molecule has 0 unspecified atom stereocenters. The number of benzene rings is 2. The Kier molecular flexibility index (Phi) is 6.61. The first-order valence-corrected chi connectivity index (χ1v) is 12.3. The number of aromatic nitrogens is 2. The SMILES string of the molecule is Cc1cc2c(cc1CC(=O)O)nc(Nc1ccc(OC(C)C)cc1)n2[C@H]1C[C@H](C)CC(C)(C)C1. The van der Waals surface area contributed by atoms with Crippen molar-refractivity contribution < 1.29 is 14.6 Å². The lowest BCUT2D eigenvalue weighted by Gasteiger charge is -2.40. The average molecular weight is 464 g/mol. The minimum atomic E-state index is -0.827. The van der Waals surface area contributed by atoms with Gasteiger partial charge in [0.2, 0.25) is 5.95 Å². The summed E-state index contributed by atoms with van der Waals surface area (Å²) in [4.78, 5) is 16.3. The largest absolute Gasteiger partial charge is 0.491 e. The highest BCUT2D eigenvalue weighted by molar-refractivity contribution is 5.83. The number of anilines is 2. The number of aryl methyl sites for hydroxylation is 1.